The van der Waals surface area contributed by atoms with Crippen molar-refractivity contribution in [2.45, 2.75) is 13.2 Å². The Kier molecular flexibility index (Phi) is 7.59. The maximum Gasteiger partial charge on any atom is 0.195 e. The molecule has 0 saturated carbocycles. The molecular formula is C17H20ClN5OS. The highest BCUT2D eigenvalue weighted by atomic mass is 35.5. The van der Waals surface area contributed by atoms with Crippen LogP contribution < -0.4 is 11.1 Å². The van der Waals surface area contributed by atoms with E-state index in [-0.39, 0.29) is 12.5 Å². The maximum atomic E-state index is 7.70. The Hall–Kier alpha value is -2.22. The molecule has 0 saturated heterocycles. The summed E-state index contributed by atoms with van der Waals surface area (Å²) < 4.78 is 5.59. The van der Waals surface area contributed by atoms with Gasteiger partial charge in [-0.1, -0.05) is 41.9 Å². The molecule has 1 aromatic heterocycles. The van der Waals surface area contributed by atoms with Crippen LogP contribution in [0.5, 0.6) is 0 Å². The summed E-state index contributed by atoms with van der Waals surface area (Å²) in [4.78, 5) is 5.62. The lowest BCUT2D eigenvalue weighted by Gasteiger charge is -2.24. The smallest absolute Gasteiger partial charge is 0.195 e. The van der Waals surface area contributed by atoms with E-state index in [0.717, 1.165) is 5.56 Å². The van der Waals surface area contributed by atoms with E-state index in [4.69, 9.17) is 39.7 Å². The molecule has 0 unspecified atom stereocenters. The van der Waals surface area contributed by atoms with Crippen LogP contribution in [0.15, 0.2) is 48.7 Å². The fraction of sp³-hybridized carbons (Fsp3) is 0.235. The SMILES string of the molecule is N=C(N)N(Cc1ncccc1Cl)C(=S)NCCOCc1ccccc1. The molecule has 6 nitrogen and oxygen atoms in total. The summed E-state index contributed by atoms with van der Waals surface area (Å²) in [6.45, 7) is 1.75. The lowest BCUT2D eigenvalue weighted by atomic mass is 10.2. The molecule has 0 aliphatic carbocycles. The van der Waals surface area contributed by atoms with Crippen molar-refractivity contribution in [3.05, 3.63) is 64.9 Å². The Balaban J connectivity index is 1.78. The highest BCUT2D eigenvalue weighted by Gasteiger charge is 2.15. The average molecular weight is 378 g/mol. The molecule has 0 fully saturated rings. The Morgan fingerprint density at radius 3 is 2.72 bits per heavy atom. The topological polar surface area (TPSA) is 87.3 Å². The molecule has 1 aromatic carbocycles. The number of thiocarbonyl (C=S) groups is 1. The molecule has 0 bridgehead atoms. The minimum absolute atomic E-state index is 0.176. The minimum Gasteiger partial charge on any atom is -0.375 e. The van der Waals surface area contributed by atoms with Gasteiger partial charge in [-0.15, -0.1) is 0 Å². The highest BCUT2D eigenvalue weighted by molar-refractivity contribution is 7.80. The van der Waals surface area contributed by atoms with E-state index < -0.39 is 0 Å². The summed E-state index contributed by atoms with van der Waals surface area (Å²) in [6.07, 6.45) is 1.63. The van der Waals surface area contributed by atoms with Gasteiger partial charge in [-0.05, 0) is 29.9 Å². The average Bonchev–Trinajstić information content (AvgIpc) is 2.61. The van der Waals surface area contributed by atoms with E-state index in [0.29, 0.717) is 35.6 Å². The van der Waals surface area contributed by atoms with E-state index in [1.54, 1.807) is 18.3 Å². The zero-order chi connectivity index (χ0) is 18.1. The summed E-state index contributed by atoms with van der Waals surface area (Å²) in [5.41, 5.74) is 7.33. The predicted molar refractivity (Wildman–Crippen MR) is 103 cm³/mol. The van der Waals surface area contributed by atoms with Crippen LogP contribution in [0, 0.1) is 5.41 Å². The molecule has 4 N–H and O–H groups in total. The quantitative estimate of drug-likeness (QED) is 0.297. The molecule has 0 atom stereocenters. The Bertz CT molecular complexity index is 713. The van der Waals surface area contributed by atoms with Gasteiger partial charge < -0.3 is 15.8 Å². The summed E-state index contributed by atoms with van der Waals surface area (Å²) >= 11 is 11.4. The van der Waals surface area contributed by atoms with Gasteiger partial charge in [0.1, 0.15) is 0 Å². The zero-order valence-electron chi connectivity index (χ0n) is 13.6. The van der Waals surface area contributed by atoms with Crippen molar-refractivity contribution in [3.8, 4) is 0 Å². The molecule has 0 aliphatic rings. The fourth-order valence-electron chi connectivity index (χ4n) is 2.04. The third kappa shape index (κ3) is 6.30. The van der Waals surface area contributed by atoms with E-state index in [2.05, 4.69) is 10.3 Å². The van der Waals surface area contributed by atoms with Crippen LogP contribution in [-0.2, 0) is 17.9 Å². The number of ether oxygens (including phenoxy) is 1. The molecule has 132 valence electrons. The zero-order valence-corrected chi connectivity index (χ0v) is 15.2. The Morgan fingerprint density at radius 1 is 1.28 bits per heavy atom. The van der Waals surface area contributed by atoms with Gasteiger partial charge in [-0.25, -0.2) is 0 Å². The Morgan fingerprint density at radius 2 is 2.04 bits per heavy atom. The van der Waals surface area contributed by atoms with Crippen LogP contribution in [-0.4, -0.2) is 34.1 Å². The standard InChI is InChI=1S/C17H20ClN5OS/c18-14-7-4-8-21-15(14)11-23(16(19)20)17(25)22-9-10-24-12-13-5-2-1-3-6-13/h1-8H,9-12H2,(H3,19,20)(H,22,25). The van der Waals surface area contributed by atoms with Gasteiger partial charge in [0.05, 0.1) is 30.5 Å². The summed E-state index contributed by atoms with van der Waals surface area (Å²) in [6, 6.07) is 13.4. The lowest BCUT2D eigenvalue weighted by Crippen LogP contribution is -2.47. The number of hydrogen-bond acceptors (Lipinski definition) is 4. The van der Waals surface area contributed by atoms with Crippen LogP contribution in [0.3, 0.4) is 0 Å². The van der Waals surface area contributed by atoms with Gasteiger partial charge in [0.25, 0.3) is 0 Å². The molecule has 0 amide bonds. The van der Waals surface area contributed by atoms with Crippen molar-refractivity contribution in [2.24, 2.45) is 5.73 Å². The molecule has 2 aromatic rings. The number of aromatic nitrogens is 1. The van der Waals surface area contributed by atoms with Gasteiger partial charge in [0.15, 0.2) is 11.1 Å². The minimum atomic E-state index is -0.176. The van der Waals surface area contributed by atoms with Crippen molar-refractivity contribution in [3.63, 3.8) is 0 Å². The first kappa shape index (κ1) is 19.1. The second-order valence-corrected chi connectivity index (χ2v) is 5.97. The van der Waals surface area contributed by atoms with E-state index in [1.165, 1.54) is 4.90 Å². The van der Waals surface area contributed by atoms with Crippen LogP contribution in [0.1, 0.15) is 11.3 Å². The number of nitrogens with one attached hydrogen (secondary N) is 2. The van der Waals surface area contributed by atoms with Gasteiger partial charge >= 0.3 is 0 Å². The molecule has 2 rings (SSSR count). The van der Waals surface area contributed by atoms with Gasteiger partial charge in [-0.2, -0.15) is 0 Å². The molecule has 0 radical (unpaired) electrons. The fourth-order valence-corrected chi connectivity index (χ4v) is 2.49. The van der Waals surface area contributed by atoms with E-state index in [9.17, 15) is 0 Å². The second kappa shape index (κ2) is 9.93. The number of guanidine groups is 1. The summed E-state index contributed by atoms with van der Waals surface area (Å²) in [5.74, 6) is -0.176. The Labute approximate surface area is 157 Å². The van der Waals surface area contributed by atoms with E-state index >= 15 is 0 Å². The molecule has 8 heteroatoms. The monoisotopic (exact) mass is 377 g/mol. The van der Waals surface area contributed by atoms with E-state index in [1.807, 2.05) is 30.3 Å². The predicted octanol–water partition coefficient (Wildman–Crippen LogP) is 2.52. The lowest BCUT2D eigenvalue weighted by molar-refractivity contribution is 0.125. The first-order chi connectivity index (χ1) is 12.1. The van der Waals surface area contributed by atoms with Gasteiger partial charge in [0.2, 0.25) is 0 Å². The van der Waals surface area contributed by atoms with Crippen molar-refractivity contribution < 1.29 is 4.74 Å². The van der Waals surface area contributed by atoms with Gasteiger partial charge in [0, 0.05) is 12.7 Å². The highest BCUT2D eigenvalue weighted by Crippen LogP contribution is 2.14. The third-order valence-electron chi connectivity index (χ3n) is 3.31. The first-order valence-corrected chi connectivity index (χ1v) is 8.47. The van der Waals surface area contributed by atoms with Crippen LogP contribution in [0.4, 0.5) is 0 Å². The van der Waals surface area contributed by atoms with Crippen LogP contribution >= 0.6 is 23.8 Å². The molecule has 0 aliphatic heterocycles. The van der Waals surface area contributed by atoms with Crippen molar-refractivity contribution in [1.82, 2.24) is 15.2 Å². The third-order valence-corrected chi connectivity index (χ3v) is 4.02. The van der Waals surface area contributed by atoms with Crippen LogP contribution in [0.2, 0.25) is 5.02 Å². The second-order valence-electron chi connectivity index (χ2n) is 5.17. The largest absolute Gasteiger partial charge is 0.375 e. The van der Waals surface area contributed by atoms with Crippen molar-refractivity contribution >= 4 is 34.9 Å². The number of pyridine rings is 1. The normalized spacial score (nSPS) is 10.3. The summed E-state index contributed by atoms with van der Waals surface area (Å²) in [5, 5.41) is 11.6. The number of halogens is 1. The number of hydrogen-bond donors (Lipinski definition) is 3. The molecular weight excluding hydrogens is 358 g/mol. The van der Waals surface area contributed by atoms with Crippen molar-refractivity contribution in [2.75, 3.05) is 13.2 Å². The number of rotatable bonds is 7. The molecule has 25 heavy (non-hydrogen) atoms. The van der Waals surface area contributed by atoms with Crippen molar-refractivity contribution in [1.29, 1.82) is 5.41 Å². The number of benzene rings is 1. The maximum absolute atomic E-state index is 7.70. The first-order valence-electron chi connectivity index (χ1n) is 7.68. The van der Waals surface area contributed by atoms with Crippen LogP contribution in [0.25, 0.3) is 0 Å². The number of nitrogens with two attached hydrogens (primary N) is 1. The molecule has 0 spiro atoms. The van der Waals surface area contributed by atoms with Gasteiger partial charge in [-0.3, -0.25) is 15.3 Å². The molecule has 1 heterocycles. The number of nitrogens with zero attached hydrogens (tertiary/aromatic N) is 2. The summed E-state index contributed by atoms with van der Waals surface area (Å²) in [7, 11) is 0.